The molecule has 0 unspecified atom stereocenters. The number of hydrogen-bond donors (Lipinski definition) is 1. The topological polar surface area (TPSA) is 44.8 Å². The standard InChI is InChI=1S/C24H27N3O2/c1-17-15-21(23(29-3)16-18(17)2)25-24(28)27-13-11-26(12-14-27)22-10-6-8-19-7-4-5-9-20(19)22/h4-10,15-16H,11-14H2,1-3H3,(H,25,28). The van der Waals surface area contributed by atoms with Gasteiger partial charge in [0.2, 0.25) is 0 Å². The molecule has 0 atom stereocenters. The quantitative estimate of drug-likeness (QED) is 0.699. The molecule has 0 aromatic heterocycles. The maximum absolute atomic E-state index is 12.8. The molecule has 1 aliphatic heterocycles. The SMILES string of the molecule is COc1cc(C)c(C)cc1NC(=O)N1CCN(c2cccc3ccccc23)CC1. The molecule has 29 heavy (non-hydrogen) atoms. The monoisotopic (exact) mass is 389 g/mol. The molecule has 0 saturated carbocycles. The van der Waals surface area contributed by atoms with E-state index in [0.717, 1.165) is 29.9 Å². The van der Waals surface area contributed by atoms with E-state index in [9.17, 15) is 4.79 Å². The summed E-state index contributed by atoms with van der Waals surface area (Å²) in [5.41, 5.74) is 4.22. The van der Waals surface area contributed by atoms with Crippen LogP contribution in [0.2, 0.25) is 0 Å². The lowest BCUT2D eigenvalue weighted by molar-refractivity contribution is 0.208. The van der Waals surface area contributed by atoms with Gasteiger partial charge in [0.25, 0.3) is 0 Å². The zero-order chi connectivity index (χ0) is 20.4. The molecule has 1 fully saturated rings. The molecule has 2 amide bonds. The third-order valence-corrected chi connectivity index (χ3v) is 5.73. The molecule has 0 radical (unpaired) electrons. The van der Waals surface area contributed by atoms with E-state index < -0.39 is 0 Å². The minimum absolute atomic E-state index is 0.0795. The highest BCUT2D eigenvalue weighted by molar-refractivity contribution is 5.95. The van der Waals surface area contributed by atoms with Crippen LogP contribution in [0.5, 0.6) is 5.75 Å². The van der Waals surface area contributed by atoms with Crippen LogP contribution >= 0.6 is 0 Å². The normalized spacial score (nSPS) is 14.2. The number of aryl methyl sites for hydroxylation is 2. The largest absolute Gasteiger partial charge is 0.495 e. The van der Waals surface area contributed by atoms with Crippen molar-refractivity contribution in [1.82, 2.24) is 4.90 Å². The van der Waals surface area contributed by atoms with Gasteiger partial charge in [-0.25, -0.2) is 4.79 Å². The lowest BCUT2D eigenvalue weighted by atomic mass is 10.1. The summed E-state index contributed by atoms with van der Waals surface area (Å²) < 4.78 is 5.44. The van der Waals surface area contributed by atoms with Crippen LogP contribution in [0.15, 0.2) is 54.6 Å². The molecular formula is C24H27N3O2. The number of urea groups is 1. The predicted octanol–water partition coefficient (Wildman–Crippen LogP) is 4.82. The van der Waals surface area contributed by atoms with Crippen molar-refractivity contribution in [1.29, 1.82) is 0 Å². The fourth-order valence-electron chi connectivity index (χ4n) is 3.89. The third kappa shape index (κ3) is 3.86. The van der Waals surface area contributed by atoms with Crippen molar-refractivity contribution in [3.63, 3.8) is 0 Å². The summed E-state index contributed by atoms with van der Waals surface area (Å²) in [5, 5.41) is 5.53. The highest BCUT2D eigenvalue weighted by Gasteiger charge is 2.23. The van der Waals surface area contributed by atoms with Gasteiger partial charge >= 0.3 is 6.03 Å². The summed E-state index contributed by atoms with van der Waals surface area (Å²) in [7, 11) is 1.63. The molecule has 0 aliphatic carbocycles. The number of rotatable bonds is 3. The Bertz CT molecular complexity index is 1030. The Kier molecular flexibility index (Phi) is 5.30. The summed E-state index contributed by atoms with van der Waals surface area (Å²) in [6, 6.07) is 18.7. The Morgan fingerprint density at radius 1 is 0.931 bits per heavy atom. The number of amides is 2. The molecule has 150 valence electrons. The summed E-state index contributed by atoms with van der Waals surface area (Å²) in [6.07, 6.45) is 0. The summed E-state index contributed by atoms with van der Waals surface area (Å²) in [6.45, 7) is 7.06. The lowest BCUT2D eigenvalue weighted by Gasteiger charge is -2.36. The average Bonchev–Trinajstić information content (AvgIpc) is 2.75. The van der Waals surface area contributed by atoms with E-state index >= 15 is 0 Å². The van der Waals surface area contributed by atoms with E-state index in [4.69, 9.17) is 4.74 Å². The molecule has 5 nitrogen and oxygen atoms in total. The van der Waals surface area contributed by atoms with Crippen molar-refractivity contribution in [2.75, 3.05) is 43.5 Å². The molecule has 4 rings (SSSR count). The van der Waals surface area contributed by atoms with Gasteiger partial charge in [0.1, 0.15) is 5.75 Å². The minimum Gasteiger partial charge on any atom is -0.495 e. The average molecular weight is 389 g/mol. The summed E-state index contributed by atoms with van der Waals surface area (Å²) in [5.74, 6) is 0.691. The van der Waals surface area contributed by atoms with E-state index in [2.05, 4.69) is 52.7 Å². The van der Waals surface area contributed by atoms with Crippen LogP contribution in [0.4, 0.5) is 16.2 Å². The molecule has 3 aromatic rings. The van der Waals surface area contributed by atoms with Gasteiger partial charge < -0.3 is 19.9 Å². The number of piperazine rings is 1. The Morgan fingerprint density at radius 2 is 1.62 bits per heavy atom. The van der Waals surface area contributed by atoms with Gasteiger partial charge in [0.15, 0.2) is 0 Å². The van der Waals surface area contributed by atoms with Crippen LogP contribution < -0.4 is 15.0 Å². The number of methoxy groups -OCH3 is 1. The molecule has 5 heteroatoms. The second kappa shape index (κ2) is 8.03. The van der Waals surface area contributed by atoms with Crippen molar-refractivity contribution >= 4 is 28.2 Å². The molecule has 1 heterocycles. The number of carbonyl (C=O) groups is 1. The van der Waals surface area contributed by atoms with Crippen molar-refractivity contribution < 1.29 is 9.53 Å². The first-order valence-electron chi connectivity index (χ1n) is 10.0. The fraction of sp³-hybridized carbons (Fsp3) is 0.292. The smallest absolute Gasteiger partial charge is 0.322 e. The highest BCUT2D eigenvalue weighted by atomic mass is 16.5. The Morgan fingerprint density at radius 3 is 2.38 bits per heavy atom. The molecular weight excluding hydrogens is 362 g/mol. The maximum atomic E-state index is 12.8. The number of fused-ring (bicyclic) bond motifs is 1. The van der Waals surface area contributed by atoms with Crippen LogP contribution in [0.25, 0.3) is 10.8 Å². The Labute approximate surface area is 171 Å². The van der Waals surface area contributed by atoms with Gasteiger partial charge in [-0.2, -0.15) is 0 Å². The van der Waals surface area contributed by atoms with E-state index in [-0.39, 0.29) is 6.03 Å². The van der Waals surface area contributed by atoms with Gasteiger partial charge in [-0.1, -0.05) is 36.4 Å². The number of benzene rings is 3. The first kappa shape index (κ1) is 19.1. The predicted molar refractivity (Wildman–Crippen MR) is 119 cm³/mol. The minimum atomic E-state index is -0.0795. The second-order valence-corrected chi connectivity index (χ2v) is 7.54. The van der Waals surface area contributed by atoms with Crippen LogP contribution in [0.1, 0.15) is 11.1 Å². The first-order chi connectivity index (χ1) is 14.1. The van der Waals surface area contributed by atoms with E-state index in [1.807, 2.05) is 30.9 Å². The van der Waals surface area contributed by atoms with Crippen molar-refractivity contribution in [3.05, 3.63) is 65.7 Å². The molecule has 1 aliphatic rings. The van der Waals surface area contributed by atoms with E-state index in [0.29, 0.717) is 18.8 Å². The number of hydrogen-bond acceptors (Lipinski definition) is 3. The van der Waals surface area contributed by atoms with Crippen LogP contribution in [0, 0.1) is 13.8 Å². The van der Waals surface area contributed by atoms with Crippen molar-refractivity contribution in [2.24, 2.45) is 0 Å². The molecule has 0 bridgehead atoms. The van der Waals surface area contributed by atoms with Gasteiger partial charge in [0.05, 0.1) is 12.8 Å². The zero-order valence-corrected chi connectivity index (χ0v) is 17.2. The van der Waals surface area contributed by atoms with E-state index in [1.54, 1.807) is 7.11 Å². The number of nitrogens with zero attached hydrogens (tertiary/aromatic N) is 2. The van der Waals surface area contributed by atoms with Crippen LogP contribution in [-0.4, -0.2) is 44.2 Å². The zero-order valence-electron chi connectivity index (χ0n) is 17.2. The second-order valence-electron chi connectivity index (χ2n) is 7.54. The van der Waals surface area contributed by atoms with Crippen LogP contribution in [-0.2, 0) is 0 Å². The van der Waals surface area contributed by atoms with E-state index in [1.165, 1.54) is 16.5 Å². The maximum Gasteiger partial charge on any atom is 0.322 e. The van der Waals surface area contributed by atoms with Gasteiger partial charge in [-0.05, 0) is 48.6 Å². The molecule has 1 N–H and O–H groups in total. The lowest BCUT2D eigenvalue weighted by Crippen LogP contribution is -2.50. The summed E-state index contributed by atoms with van der Waals surface area (Å²) in [4.78, 5) is 17.1. The first-order valence-corrected chi connectivity index (χ1v) is 10.0. The number of ether oxygens (including phenoxy) is 1. The number of carbonyl (C=O) groups excluding carboxylic acids is 1. The number of nitrogens with one attached hydrogen (secondary N) is 1. The molecule has 3 aromatic carbocycles. The molecule has 0 spiro atoms. The van der Waals surface area contributed by atoms with Crippen molar-refractivity contribution in [2.45, 2.75) is 13.8 Å². The number of anilines is 2. The van der Waals surface area contributed by atoms with Gasteiger partial charge in [-0.3, -0.25) is 0 Å². The Hall–Kier alpha value is -3.21. The fourth-order valence-corrected chi connectivity index (χ4v) is 3.89. The van der Waals surface area contributed by atoms with Gasteiger partial charge in [0, 0.05) is 37.3 Å². The highest BCUT2D eigenvalue weighted by Crippen LogP contribution is 2.29. The molecule has 1 saturated heterocycles. The van der Waals surface area contributed by atoms with Crippen molar-refractivity contribution in [3.8, 4) is 5.75 Å². The van der Waals surface area contributed by atoms with Crippen LogP contribution in [0.3, 0.4) is 0 Å². The summed E-state index contributed by atoms with van der Waals surface area (Å²) >= 11 is 0. The Balaban J connectivity index is 1.45. The van der Waals surface area contributed by atoms with Gasteiger partial charge in [-0.15, -0.1) is 0 Å². The third-order valence-electron chi connectivity index (χ3n) is 5.73.